The number of hydrogen-bond donors (Lipinski definition) is 4. The lowest BCUT2D eigenvalue weighted by Gasteiger charge is -2.25. The maximum Gasteiger partial charge on any atom is 0.407 e. The maximum atomic E-state index is 14.0. The van der Waals surface area contributed by atoms with Crippen molar-refractivity contribution in [2.45, 2.75) is 31.7 Å². The Hall–Kier alpha value is -5.28. The Morgan fingerprint density at radius 3 is 2.30 bits per heavy atom. The van der Waals surface area contributed by atoms with Crippen LogP contribution in [-0.2, 0) is 24.2 Å². The molecule has 1 heterocycles. The van der Waals surface area contributed by atoms with Gasteiger partial charge >= 0.3 is 12.0 Å². The van der Waals surface area contributed by atoms with E-state index in [0.717, 1.165) is 35.4 Å². The van der Waals surface area contributed by atoms with E-state index < -0.39 is 52.6 Å². The third-order valence-electron chi connectivity index (χ3n) is 6.73. The van der Waals surface area contributed by atoms with Crippen LogP contribution in [0.3, 0.4) is 0 Å². The molecule has 3 aromatic carbocycles. The van der Waals surface area contributed by atoms with Crippen LogP contribution in [0.5, 0.6) is 0 Å². The number of halogens is 4. The minimum Gasteiger partial charge on any atom is -0.453 e. The van der Waals surface area contributed by atoms with Crippen molar-refractivity contribution in [1.29, 1.82) is 0 Å². The van der Waals surface area contributed by atoms with Crippen molar-refractivity contribution < 1.29 is 46.4 Å². The van der Waals surface area contributed by atoms with Crippen LogP contribution in [0.15, 0.2) is 77.5 Å². The summed E-state index contributed by atoms with van der Waals surface area (Å²) in [4.78, 5) is 40.8. The molecular formula is C31H29F4N5O6. The van der Waals surface area contributed by atoms with Crippen molar-refractivity contribution in [2.75, 3.05) is 13.7 Å². The van der Waals surface area contributed by atoms with Gasteiger partial charge in [0.25, 0.3) is 5.91 Å². The Bertz CT molecular complexity index is 1650. The lowest BCUT2D eigenvalue weighted by molar-refractivity contribution is -0.108. The van der Waals surface area contributed by atoms with Gasteiger partial charge in [0.15, 0.2) is 0 Å². The molecular weight excluding hydrogens is 614 g/mol. The fourth-order valence-corrected chi connectivity index (χ4v) is 4.59. The van der Waals surface area contributed by atoms with E-state index in [0.29, 0.717) is 6.07 Å². The molecule has 0 spiro atoms. The zero-order valence-electron chi connectivity index (χ0n) is 24.3. The minimum atomic E-state index is -1.69. The second kappa shape index (κ2) is 15.6. The van der Waals surface area contributed by atoms with E-state index in [1.54, 1.807) is 12.1 Å². The number of aliphatic hydroxyl groups excluding tert-OH is 1. The first kappa shape index (κ1) is 33.6. The smallest absolute Gasteiger partial charge is 0.407 e. The number of carbonyl (C=O) groups is 3. The predicted octanol–water partition coefficient (Wildman–Crippen LogP) is 4.18. The number of benzene rings is 3. The number of carbonyl (C=O) groups excluding carboxylic acids is 3. The number of nitrogens with zero attached hydrogens (tertiary/aromatic N) is 2. The minimum absolute atomic E-state index is 0.0471. The highest BCUT2D eigenvalue weighted by Crippen LogP contribution is 2.23. The molecule has 0 aliphatic carbocycles. The summed E-state index contributed by atoms with van der Waals surface area (Å²) in [5, 5.41) is 17.7. The largest absolute Gasteiger partial charge is 0.453 e. The van der Waals surface area contributed by atoms with E-state index in [4.69, 9.17) is 4.42 Å². The van der Waals surface area contributed by atoms with Gasteiger partial charge in [0.2, 0.25) is 5.89 Å². The average Bonchev–Trinajstić information content (AvgIpc) is 3.58. The topological polar surface area (TPSA) is 146 Å². The number of methoxy groups -OCH3 is 1. The van der Waals surface area contributed by atoms with Crippen molar-refractivity contribution in [1.82, 2.24) is 26.3 Å². The first-order valence-corrected chi connectivity index (χ1v) is 13.8. The second-order valence-corrected chi connectivity index (χ2v) is 10.1. The van der Waals surface area contributed by atoms with Crippen LogP contribution >= 0.6 is 0 Å². The first-order chi connectivity index (χ1) is 22.0. The SMILES string of the molecule is COC(=O)NCc1cccc(CNC[C@@H](O)[C@H](Cc2cc(F)cc(F)c2)NC(=O)c2cc(C(=O)N(F)F)cc(-c3ncco3)c2)c1. The Labute approximate surface area is 260 Å². The standard InChI is InChI=1S/C31H29F4N5O6/c1-45-31(44)38-16-19-4-2-3-18(7-19)15-36-17-27(41)26(10-20-8-24(32)14-25(33)9-20)39-28(42)21-11-22(29-37-5-6-46-29)13-23(12-21)30(43)40(34)35/h2-9,11-14,26-27,36,41H,10,15-17H2,1H3,(H,38,44)(H,39,42)/t26-,27+/m0/s1. The van der Waals surface area contributed by atoms with Gasteiger partial charge in [-0.05, 0) is 53.4 Å². The van der Waals surface area contributed by atoms with Gasteiger partial charge in [-0.2, -0.15) is 0 Å². The summed E-state index contributed by atoms with van der Waals surface area (Å²) in [6.07, 6.45) is 0.381. The van der Waals surface area contributed by atoms with Gasteiger partial charge in [0.05, 0.1) is 25.5 Å². The van der Waals surface area contributed by atoms with Crippen LogP contribution < -0.4 is 16.0 Å². The highest BCUT2D eigenvalue weighted by atomic mass is 19.4. The van der Waals surface area contributed by atoms with Gasteiger partial charge in [0, 0.05) is 47.7 Å². The number of alkyl carbamates (subject to hydrolysis) is 1. The number of rotatable bonds is 13. The summed E-state index contributed by atoms with van der Waals surface area (Å²) >= 11 is 0. The average molecular weight is 644 g/mol. The molecule has 0 saturated carbocycles. The van der Waals surface area contributed by atoms with Crippen molar-refractivity contribution in [3.8, 4) is 11.5 Å². The lowest BCUT2D eigenvalue weighted by atomic mass is 9.99. The van der Waals surface area contributed by atoms with E-state index in [-0.39, 0.29) is 48.6 Å². The fraction of sp³-hybridized carbons (Fsp3) is 0.226. The zero-order chi connectivity index (χ0) is 33.2. The molecule has 0 unspecified atom stereocenters. The molecule has 0 fully saturated rings. The Balaban J connectivity index is 1.53. The molecule has 11 nitrogen and oxygen atoms in total. The molecule has 4 N–H and O–H groups in total. The molecule has 3 amide bonds. The molecule has 1 aromatic heterocycles. The predicted molar refractivity (Wildman–Crippen MR) is 155 cm³/mol. The monoisotopic (exact) mass is 643 g/mol. The molecule has 0 aliphatic heterocycles. The summed E-state index contributed by atoms with van der Waals surface area (Å²) in [5.74, 6) is -4.34. The van der Waals surface area contributed by atoms with E-state index in [1.165, 1.54) is 25.6 Å². The van der Waals surface area contributed by atoms with Crippen molar-refractivity contribution in [3.63, 3.8) is 0 Å². The van der Waals surface area contributed by atoms with Crippen LogP contribution in [0.25, 0.3) is 11.5 Å². The summed E-state index contributed by atoms with van der Waals surface area (Å²) in [5.41, 5.74) is 0.992. The zero-order valence-corrected chi connectivity index (χ0v) is 24.3. The fourth-order valence-electron chi connectivity index (χ4n) is 4.59. The lowest BCUT2D eigenvalue weighted by Crippen LogP contribution is -2.48. The molecule has 0 aliphatic rings. The number of oxazole rings is 1. The molecule has 15 heteroatoms. The number of aromatic nitrogens is 1. The molecule has 4 aromatic rings. The normalized spacial score (nSPS) is 12.2. The Kier molecular flexibility index (Phi) is 11.4. The van der Waals surface area contributed by atoms with Gasteiger partial charge in [-0.25, -0.2) is 18.6 Å². The molecule has 2 atom stereocenters. The highest BCUT2D eigenvalue weighted by Gasteiger charge is 2.25. The summed E-state index contributed by atoms with van der Waals surface area (Å²) in [6, 6.07) is 12.1. The number of hydrogen-bond acceptors (Lipinski definition) is 8. The van der Waals surface area contributed by atoms with Gasteiger partial charge in [-0.3, -0.25) is 9.59 Å². The van der Waals surface area contributed by atoms with Crippen molar-refractivity contribution >= 4 is 17.9 Å². The van der Waals surface area contributed by atoms with Crippen LogP contribution in [0, 0.1) is 11.6 Å². The molecule has 242 valence electrons. The maximum absolute atomic E-state index is 14.0. The quantitative estimate of drug-likeness (QED) is 0.125. The summed E-state index contributed by atoms with van der Waals surface area (Å²) in [6.45, 7) is 0.401. The van der Waals surface area contributed by atoms with Gasteiger partial charge in [-0.15, -0.1) is 0 Å². The van der Waals surface area contributed by atoms with Gasteiger partial charge < -0.3 is 30.2 Å². The molecule has 0 radical (unpaired) electrons. The summed E-state index contributed by atoms with van der Waals surface area (Å²) < 4.78 is 63.9. The van der Waals surface area contributed by atoms with Crippen LogP contribution in [0.2, 0.25) is 0 Å². The molecule has 0 bridgehead atoms. The second-order valence-electron chi connectivity index (χ2n) is 10.1. The number of aliphatic hydroxyl groups is 1. The molecule has 0 saturated heterocycles. The summed E-state index contributed by atoms with van der Waals surface area (Å²) in [7, 11) is 1.25. The molecule has 46 heavy (non-hydrogen) atoms. The third kappa shape index (κ3) is 9.36. The van der Waals surface area contributed by atoms with Gasteiger partial charge in [-0.1, -0.05) is 33.2 Å². The van der Waals surface area contributed by atoms with E-state index >= 15 is 0 Å². The molecule has 4 rings (SSSR count). The van der Waals surface area contributed by atoms with Crippen LogP contribution in [-0.4, -0.2) is 59.1 Å². The Morgan fingerprint density at radius 2 is 1.65 bits per heavy atom. The number of ether oxygens (including phenoxy) is 1. The van der Waals surface area contributed by atoms with Crippen LogP contribution in [0.1, 0.15) is 37.4 Å². The van der Waals surface area contributed by atoms with Crippen molar-refractivity contribution in [3.05, 3.63) is 113 Å². The third-order valence-corrected chi connectivity index (χ3v) is 6.73. The Morgan fingerprint density at radius 1 is 0.957 bits per heavy atom. The number of nitrogens with one attached hydrogen (secondary N) is 3. The van der Waals surface area contributed by atoms with E-state index in [1.807, 2.05) is 12.1 Å². The first-order valence-electron chi connectivity index (χ1n) is 13.8. The van der Waals surface area contributed by atoms with E-state index in [2.05, 4.69) is 25.7 Å². The van der Waals surface area contributed by atoms with Crippen LogP contribution in [0.4, 0.5) is 22.5 Å². The van der Waals surface area contributed by atoms with E-state index in [9.17, 15) is 37.2 Å². The van der Waals surface area contributed by atoms with Crippen molar-refractivity contribution in [2.24, 2.45) is 0 Å². The van der Waals surface area contributed by atoms with Gasteiger partial charge in [0.1, 0.15) is 17.9 Å². The number of amides is 3. The highest BCUT2D eigenvalue weighted by molar-refractivity contribution is 6.00.